The van der Waals surface area contributed by atoms with E-state index < -0.39 is 24.3 Å². The molecule has 0 amide bonds. The molecule has 0 saturated heterocycles. The number of aliphatic hydroxyl groups is 1. The van der Waals surface area contributed by atoms with Gasteiger partial charge in [0.05, 0.1) is 12.6 Å². The van der Waals surface area contributed by atoms with Gasteiger partial charge in [0.2, 0.25) is 0 Å². The van der Waals surface area contributed by atoms with Gasteiger partial charge in [-0.05, 0) is 12.5 Å². The van der Waals surface area contributed by atoms with Crippen LogP contribution in [0.5, 0.6) is 0 Å². The van der Waals surface area contributed by atoms with Crippen molar-refractivity contribution in [3.05, 3.63) is 34.9 Å². The van der Waals surface area contributed by atoms with Gasteiger partial charge in [-0.3, -0.25) is 0 Å². The van der Waals surface area contributed by atoms with E-state index in [0.29, 0.717) is 0 Å². The minimum absolute atomic E-state index is 0. The van der Waals surface area contributed by atoms with E-state index in [0.717, 1.165) is 0 Å². The Hall–Kier alpha value is -0.710. The zero-order valence-electron chi connectivity index (χ0n) is 7.63. The van der Waals surface area contributed by atoms with Crippen LogP contribution in [-0.4, -0.2) is 11.7 Å². The van der Waals surface area contributed by atoms with Crippen molar-refractivity contribution < 1.29 is 13.9 Å². The number of aryl methyl sites for hydroxylation is 1. The van der Waals surface area contributed by atoms with E-state index in [1.165, 1.54) is 19.1 Å². The van der Waals surface area contributed by atoms with Gasteiger partial charge >= 0.3 is 0 Å². The Kier molecular flexibility index (Phi) is 4.97. The summed E-state index contributed by atoms with van der Waals surface area (Å²) in [4.78, 5) is 0. The fraction of sp³-hybridized carbons (Fsp3) is 0.333. The molecule has 0 aromatic heterocycles. The van der Waals surface area contributed by atoms with Crippen molar-refractivity contribution in [3.8, 4) is 0 Å². The molecular weight excluding hydrogens is 212 g/mol. The van der Waals surface area contributed by atoms with Gasteiger partial charge in [0.25, 0.3) is 0 Å². The molecule has 1 atom stereocenters. The maximum absolute atomic E-state index is 13.1. The molecular formula is C9H12ClF2NO. The number of benzene rings is 1. The molecule has 2 nitrogen and oxygen atoms in total. The quantitative estimate of drug-likeness (QED) is 0.802. The Balaban J connectivity index is 0.00000169. The van der Waals surface area contributed by atoms with Gasteiger partial charge in [-0.2, -0.15) is 0 Å². The normalized spacial score (nSPS) is 12.1. The molecule has 1 rings (SSSR count). The third kappa shape index (κ3) is 2.41. The second-order valence-corrected chi connectivity index (χ2v) is 2.89. The molecule has 0 radical (unpaired) electrons. The molecule has 0 aliphatic rings. The second-order valence-electron chi connectivity index (χ2n) is 2.89. The first-order valence-electron chi connectivity index (χ1n) is 3.89. The van der Waals surface area contributed by atoms with E-state index in [9.17, 15) is 8.78 Å². The van der Waals surface area contributed by atoms with E-state index in [1.807, 2.05) is 0 Å². The van der Waals surface area contributed by atoms with Crippen LogP contribution in [0.4, 0.5) is 8.78 Å². The summed E-state index contributed by atoms with van der Waals surface area (Å²) in [5, 5.41) is 8.66. The molecule has 0 heterocycles. The maximum Gasteiger partial charge on any atom is 0.163 e. The Morgan fingerprint density at radius 3 is 2.43 bits per heavy atom. The van der Waals surface area contributed by atoms with Crippen LogP contribution in [0.1, 0.15) is 17.2 Å². The standard InChI is InChI=1S/C9H11F2NO.ClH/c1-5-2-3-6(7(12)4-13)9(11)8(5)10;/h2-3,7,13H,4,12H2,1H3;1H/t7-;/m0./s1. The lowest BCUT2D eigenvalue weighted by Gasteiger charge is -2.10. The van der Waals surface area contributed by atoms with Crippen LogP contribution in [0.25, 0.3) is 0 Å². The van der Waals surface area contributed by atoms with Crippen molar-refractivity contribution in [1.29, 1.82) is 0 Å². The highest BCUT2D eigenvalue weighted by Crippen LogP contribution is 2.19. The number of hydrogen-bond acceptors (Lipinski definition) is 2. The average Bonchev–Trinajstić information content (AvgIpc) is 2.13. The Labute approximate surface area is 87.1 Å². The highest BCUT2D eigenvalue weighted by molar-refractivity contribution is 5.85. The fourth-order valence-corrected chi connectivity index (χ4v) is 1.05. The van der Waals surface area contributed by atoms with Crippen LogP contribution >= 0.6 is 12.4 Å². The van der Waals surface area contributed by atoms with Gasteiger partial charge in [-0.25, -0.2) is 8.78 Å². The van der Waals surface area contributed by atoms with Crippen molar-refractivity contribution in [2.24, 2.45) is 5.73 Å². The summed E-state index contributed by atoms with van der Waals surface area (Å²) in [5.74, 6) is -1.87. The minimum atomic E-state index is -0.971. The molecule has 0 aliphatic heterocycles. The number of aliphatic hydroxyl groups excluding tert-OH is 1. The fourth-order valence-electron chi connectivity index (χ4n) is 1.05. The lowest BCUT2D eigenvalue weighted by Crippen LogP contribution is -2.17. The van der Waals surface area contributed by atoms with Gasteiger partial charge in [-0.1, -0.05) is 12.1 Å². The van der Waals surface area contributed by atoms with Crippen LogP contribution in [0, 0.1) is 18.6 Å². The SMILES string of the molecule is Cc1ccc([C@@H](N)CO)c(F)c1F.Cl. The number of nitrogens with two attached hydrogens (primary N) is 1. The largest absolute Gasteiger partial charge is 0.394 e. The second kappa shape index (κ2) is 5.24. The Bertz CT molecular complexity index is 320. The summed E-state index contributed by atoms with van der Waals surface area (Å²) >= 11 is 0. The summed E-state index contributed by atoms with van der Waals surface area (Å²) in [6.07, 6.45) is 0. The lowest BCUT2D eigenvalue weighted by atomic mass is 10.1. The number of hydrogen-bond donors (Lipinski definition) is 2. The van der Waals surface area contributed by atoms with Crippen LogP contribution < -0.4 is 5.73 Å². The monoisotopic (exact) mass is 223 g/mol. The maximum atomic E-state index is 13.1. The highest BCUT2D eigenvalue weighted by atomic mass is 35.5. The van der Waals surface area contributed by atoms with Crippen molar-refractivity contribution >= 4 is 12.4 Å². The van der Waals surface area contributed by atoms with Gasteiger partial charge < -0.3 is 10.8 Å². The smallest absolute Gasteiger partial charge is 0.163 e. The lowest BCUT2D eigenvalue weighted by molar-refractivity contribution is 0.264. The summed E-state index contributed by atoms with van der Waals surface area (Å²) in [6.45, 7) is 1.06. The van der Waals surface area contributed by atoms with Gasteiger partial charge in [0.15, 0.2) is 11.6 Å². The zero-order chi connectivity index (χ0) is 10.0. The summed E-state index contributed by atoms with van der Waals surface area (Å²) in [7, 11) is 0. The molecule has 0 fully saturated rings. The van der Waals surface area contributed by atoms with E-state index in [1.54, 1.807) is 0 Å². The Morgan fingerprint density at radius 2 is 1.93 bits per heavy atom. The molecule has 0 bridgehead atoms. The van der Waals surface area contributed by atoms with Crippen molar-refractivity contribution in [2.45, 2.75) is 13.0 Å². The molecule has 1 aromatic rings. The van der Waals surface area contributed by atoms with Crippen LogP contribution in [0.15, 0.2) is 12.1 Å². The molecule has 1 aromatic carbocycles. The van der Waals surface area contributed by atoms with Crippen molar-refractivity contribution in [1.82, 2.24) is 0 Å². The van der Waals surface area contributed by atoms with E-state index in [4.69, 9.17) is 10.8 Å². The number of halogens is 3. The molecule has 0 spiro atoms. The molecule has 5 heteroatoms. The third-order valence-corrected chi connectivity index (χ3v) is 1.90. The first kappa shape index (κ1) is 13.3. The van der Waals surface area contributed by atoms with Gasteiger partial charge in [0.1, 0.15) is 0 Å². The van der Waals surface area contributed by atoms with Crippen LogP contribution in [-0.2, 0) is 0 Å². The van der Waals surface area contributed by atoms with Crippen LogP contribution in [0.3, 0.4) is 0 Å². The topological polar surface area (TPSA) is 46.2 Å². The van der Waals surface area contributed by atoms with Crippen molar-refractivity contribution in [3.63, 3.8) is 0 Å². The van der Waals surface area contributed by atoms with Gasteiger partial charge in [-0.15, -0.1) is 12.4 Å². The molecule has 3 N–H and O–H groups in total. The molecule has 80 valence electrons. The summed E-state index contributed by atoms with van der Waals surface area (Å²) in [5.41, 5.74) is 5.59. The van der Waals surface area contributed by atoms with E-state index in [-0.39, 0.29) is 23.5 Å². The predicted octanol–water partition coefficient (Wildman–Crippen LogP) is 1.69. The van der Waals surface area contributed by atoms with Crippen LogP contribution in [0.2, 0.25) is 0 Å². The molecule has 14 heavy (non-hydrogen) atoms. The molecule has 0 saturated carbocycles. The first-order valence-corrected chi connectivity index (χ1v) is 3.89. The predicted molar refractivity (Wildman–Crippen MR) is 52.4 cm³/mol. The average molecular weight is 224 g/mol. The molecule has 0 unspecified atom stereocenters. The van der Waals surface area contributed by atoms with Crippen molar-refractivity contribution in [2.75, 3.05) is 6.61 Å². The summed E-state index contributed by atoms with van der Waals surface area (Å²) < 4.78 is 26.1. The Morgan fingerprint density at radius 1 is 1.36 bits per heavy atom. The number of rotatable bonds is 2. The van der Waals surface area contributed by atoms with E-state index >= 15 is 0 Å². The first-order chi connectivity index (χ1) is 6.07. The highest BCUT2D eigenvalue weighted by Gasteiger charge is 2.15. The van der Waals surface area contributed by atoms with E-state index in [2.05, 4.69) is 0 Å². The third-order valence-electron chi connectivity index (χ3n) is 1.90. The van der Waals surface area contributed by atoms with Gasteiger partial charge in [0, 0.05) is 5.56 Å². The zero-order valence-corrected chi connectivity index (χ0v) is 8.44. The minimum Gasteiger partial charge on any atom is -0.394 e. The molecule has 0 aliphatic carbocycles. The summed E-state index contributed by atoms with van der Waals surface area (Å²) in [6, 6.07) is 1.95.